The van der Waals surface area contributed by atoms with E-state index >= 15 is 0 Å². The van der Waals surface area contributed by atoms with E-state index in [1.54, 1.807) is 11.3 Å². The van der Waals surface area contributed by atoms with Crippen molar-refractivity contribution in [3.8, 4) is 0 Å². The molecule has 0 fully saturated rings. The molecule has 1 heterocycles. The van der Waals surface area contributed by atoms with Gasteiger partial charge in [-0.05, 0) is 12.8 Å². The fourth-order valence-corrected chi connectivity index (χ4v) is 2.67. The zero-order chi connectivity index (χ0) is 15.5. The third-order valence-corrected chi connectivity index (χ3v) is 4.23. The van der Waals surface area contributed by atoms with Crippen molar-refractivity contribution in [2.75, 3.05) is 0 Å². The van der Waals surface area contributed by atoms with Crippen molar-refractivity contribution >= 4 is 17.2 Å². The van der Waals surface area contributed by atoms with Gasteiger partial charge in [0.1, 0.15) is 5.01 Å². The first-order valence-electron chi connectivity index (χ1n) is 7.04. The van der Waals surface area contributed by atoms with Gasteiger partial charge in [-0.15, -0.1) is 11.3 Å². The Kier molecular flexibility index (Phi) is 5.71. The van der Waals surface area contributed by atoms with Crippen molar-refractivity contribution in [2.24, 2.45) is 5.92 Å². The van der Waals surface area contributed by atoms with Crippen LogP contribution in [0.15, 0.2) is 5.38 Å². The van der Waals surface area contributed by atoms with Crippen LogP contribution in [0.25, 0.3) is 0 Å². The molecule has 0 bridgehead atoms. The SMILES string of the molecule is CC(NC(=O)CC(O)C(C)C)c1nc(C(C)(C)C)cs1. The van der Waals surface area contributed by atoms with Crippen LogP contribution in [0, 0.1) is 5.92 Å². The predicted octanol–water partition coefficient (Wildman–Crippen LogP) is 3.02. The van der Waals surface area contributed by atoms with Crippen LogP contribution in [-0.4, -0.2) is 22.1 Å². The van der Waals surface area contributed by atoms with Crippen LogP contribution < -0.4 is 5.32 Å². The summed E-state index contributed by atoms with van der Waals surface area (Å²) in [6.07, 6.45) is -0.455. The van der Waals surface area contributed by atoms with Gasteiger partial charge in [0.05, 0.1) is 24.3 Å². The zero-order valence-electron chi connectivity index (χ0n) is 13.2. The van der Waals surface area contributed by atoms with Crippen LogP contribution in [0.1, 0.15) is 64.7 Å². The molecule has 20 heavy (non-hydrogen) atoms. The van der Waals surface area contributed by atoms with E-state index in [1.807, 2.05) is 26.2 Å². The minimum Gasteiger partial charge on any atom is -0.392 e. The van der Waals surface area contributed by atoms with Crippen LogP contribution in [-0.2, 0) is 10.2 Å². The fraction of sp³-hybridized carbons (Fsp3) is 0.733. The van der Waals surface area contributed by atoms with Gasteiger partial charge in [-0.3, -0.25) is 4.79 Å². The highest BCUT2D eigenvalue weighted by Gasteiger charge is 2.21. The molecule has 5 heteroatoms. The number of carbonyl (C=O) groups excluding carboxylic acids is 1. The Morgan fingerprint density at radius 1 is 1.40 bits per heavy atom. The fourth-order valence-electron chi connectivity index (χ4n) is 1.62. The summed E-state index contributed by atoms with van der Waals surface area (Å²) >= 11 is 1.56. The van der Waals surface area contributed by atoms with Crippen LogP contribution in [0.2, 0.25) is 0 Å². The molecule has 0 aromatic carbocycles. The summed E-state index contributed by atoms with van der Waals surface area (Å²) in [6, 6.07) is -0.122. The van der Waals surface area contributed by atoms with Gasteiger partial charge in [-0.1, -0.05) is 34.6 Å². The molecule has 114 valence electrons. The van der Waals surface area contributed by atoms with Gasteiger partial charge in [-0.25, -0.2) is 4.98 Å². The van der Waals surface area contributed by atoms with Gasteiger partial charge in [0.25, 0.3) is 0 Å². The molecule has 2 N–H and O–H groups in total. The molecule has 2 unspecified atom stereocenters. The maximum absolute atomic E-state index is 11.9. The maximum Gasteiger partial charge on any atom is 0.223 e. The highest BCUT2D eigenvalue weighted by Crippen LogP contribution is 2.26. The number of thiazole rings is 1. The Morgan fingerprint density at radius 3 is 2.45 bits per heavy atom. The third kappa shape index (κ3) is 4.87. The Balaban J connectivity index is 2.61. The quantitative estimate of drug-likeness (QED) is 0.878. The molecule has 1 aromatic rings. The van der Waals surface area contributed by atoms with Crippen molar-refractivity contribution in [3.05, 3.63) is 16.1 Å². The Morgan fingerprint density at radius 2 is 2.00 bits per heavy atom. The number of carbonyl (C=O) groups is 1. The van der Waals surface area contributed by atoms with E-state index in [9.17, 15) is 9.90 Å². The van der Waals surface area contributed by atoms with Crippen molar-refractivity contribution in [3.63, 3.8) is 0 Å². The molecule has 0 radical (unpaired) electrons. The second kappa shape index (κ2) is 6.68. The first-order chi connectivity index (χ1) is 9.11. The lowest BCUT2D eigenvalue weighted by Crippen LogP contribution is -2.31. The third-order valence-electron chi connectivity index (χ3n) is 3.20. The minimum atomic E-state index is -0.594. The normalized spacial score (nSPS) is 15.2. The molecular formula is C15H26N2O2S. The standard InChI is InChI=1S/C15H26N2O2S/c1-9(2)11(18)7-13(19)16-10(3)14-17-12(8-20-14)15(4,5)6/h8-11,18H,7H2,1-6H3,(H,16,19). The van der Waals surface area contributed by atoms with Gasteiger partial charge in [0.2, 0.25) is 5.91 Å². The largest absolute Gasteiger partial charge is 0.392 e. The van der Waals surface area contributed by atoms with Gasteiger partial charge in [0, 0.05) is 10.8 Å². The van der Waals surface area contributed by atoms with E-state index in [-0.39, 0.29) is 29.7 Å². The van der Waals surface area contributed by atoms with E-state index in [1.165, 1.54) is 0 Å². The van der Waals surface area contributed by atoms with Gasteiger partial charge >= 0.3 is 0 Å². The molecule has 0 saturated carbocycles. The predicted molar refractivity (Wildman–Crippen MR) is 82.8 cm³/mol. The molecule has 0 saturated heterocycles. The highest BCUT2D eigenvalue weighted by atomic mass is 32.1. The maximum atomic E-state index is 11.9. The van der Waals surface area contributed by atoms with Gasteiger partial charge < -0.3 is 10.4 Å². The van der Waals surface area contributed by atoms with E-state index in [0.29, 0.717) is 0 Å². The molecule has 2 atom stereocenters. The monoisotopic (exact) mass is 298 g/mol. The lowest BCUT2D eigenvalue weighted by Gasteiger charge is -2.17. The molecule has 1 rings (SSSR count). The Hall–Kier alpha value is -0.940. The topological polar surface area (TPSA) is 62.2 Å². The van der Waals surface area contributed by atoms with Crippen molar-refractivity contribution in [2.45, 2.75) is 65.5 Å². The number of hydrogen-bond donors (Lipinski definition) is 2. The summed E-state index contributed by atoms with van der Waals surface area (Å²) in [4.78, 5) is 16.4. The number of nitrogens with one attached hydrogen (secondary N) is 1. The number of amides is 1. The minimum absolute atomic E-state index is 0.0202. The molecule has 0 spiro atoms. The molecule has 0 aliphatic heterocycles. The van der Waals surface area contributed by atoms with E-state index in [2.05, 4.69) is 31.1 Å². The first kappa shape index (κ1) is 17.1. The summed E-state index contributed by atoms with van der Waals surface area (Å²) in [7, 11) is 0. The van der Waals surface area contributed by atoms with Crippen LogP contribution in [0.3, 0.4) is 0 Å². The molecule has 0 aliphatic carbocycles. The van der Waals surface area contributed by atoms with E-state index in [0.717, 1.165) is 10.7 Å². The van der Waals surface area contributed by atoms with Crippen molar-refractivity contribution in [1.29, 1.82) is 0 Å². The van der Waals surface area contributed by atoms with Crippen LogP contribution >= 0.6 is 11.3 Å². The summed E-state index contributed by atoms with van der Waals surface area (Å²) in [5.41, 5.74) is 1.06. The Labute approximate surface area is 125 Å². The second-order valence-corrected chi connectivity index (χ2v) is 7.52. The lowest BCUT2D eigenvalue weighted by atomic mass is 9.93. The van der Waals surface area contributed by atoms with Crippen molar-refractivity contribution < 1.29 is 9.90 Å². The summed E-state index contributed by atoms with van der Waals surface area (Å²) in [5.74, 6) is -0.0466. The Bertz CT molecular complexity index is 449. The number of aliphatic hydroxyl groups is 1. The molecule has 0 aliphatic rings. The van der Waals surface area contributed by atoms with Crippen LogP contribution in [0.4, 0.5) is 0 Å². The van der Waals surface area contributed by atoms with Crippen LogP contribution in [0.5, 0.6) is 0 Å². The number of hydrogen-bond acceptors (Lipinski definition) is 4. The number of aromatic nitrogens is 1. The van der Waals surface area contributed by atoms with E-state index in [4.69, 9.17) is 0 Å². The smallest absolute Gasteiger partial charge is 0.223 e. The number of aliphatic hydroxyl groups excluding tert-OH is 1. The first-order valence-corrected chi connectivity index (χ1v) is 7.92. The van der Waals surface area contributed by atoms with Gasteiger partial charge in [-0.2, -0.15) is 0 Å². The lowest BCUT2D eigenvalue weighted by molar-refractivity contribution is -0.124. The van der Waals surface area contributed by atoms with Gasteiger partial charge in [0.15, 0.2) is 0 Å². The number of rotatable bonds is 5. The molecular weight excluding hydrogens is 272 g/mol. The highest BCUT2D eigenvalue weighted by molar-refractivity contribution is 7.09. The molecule has 4 nitrogen and oxygen atoms in total. The zero-order valence-corrected chi connectivity index (χ0v) is 14.0. The average molecular weight is 298 g/mol. The second-order valence-electron chi connectivity index (χ2n) is 6.63. The molecule has 1 aromatic heterocycles. The summed E-state index contributed by atoms with van der Waals surface area (Å²) in [5, 5.41) is 15.6. The average Bonchev–Trinajstić information content (AvgIpc) is 2.77. The number of nitrogens with zero attached hydrogens (tertiary/aromatic N) is 1. The molecule has 1 amide bonds. The van der Waals surface area contributed by atoms with E-state index < -0.39 is 6.10 Å². The summed E-state index contributed by atoms with van der Waals surface area (Å²) < 4.78 is 0. The summed E-state index contributed by atoms with van der Waals surface area (Å²) in [6.45, 7) is 12.1. The van der Waals surface area contributed by atoms with Crippen molar-refractivity contribution in [1.82, 2.24) is 10.3 Å².